The number of aliphatic hydroxyl groups is 2. The van der Waals surface area contributed by atoms with E-state index in [-0.39, 0.29) is 55.3 Å². The van der Waals surface area contributed by atoms with Gasteiger partial charge in [0.2, 0.25) is 10.0 Å². The summed E-state index contributed by atoms with van der Waals surface area (Å²) in [5.74, 6) is -0.0739. The molecule has 1 saturated carbocycles. The highest BCUT2D eigenvalue weighted by Crippen LogP contribution is 2.32. The SMILES string of the molecule is Cl.Cl.Nc1ccc([C@@H](O)CNCCOc2ccc(-c3ccc(C(=O)NS(=O)(=O)CCCO)c(OC4CCCCC4)c3)cc2)cc1. The molecule has 6 N–H and O–H groups in total. The second kappa shape index (κ2) is 18.8. The Morgan fingerprint density at radius 3 is 2.29 bits per heavy atom. The number of ether oxygens (including phenoxy) is 2. The third-order valence-electron chi connectivity index (χ3n) is 7.29. The monoisotopic (exact) mass is 683 g/mol. The third-order valence-corrected chi connectivity index (χ3v) is 8.61. The van der Waals surface area contributed by atoms with Crippen molar-refractivity contribution in [1.29, 1.82) is 0 Å². The molecule has 1 aliphatic carbocycles. The van der Waals surface area contributed by atoms with Crippen LogP contribution in [-0.2, 0) is 10.0 Å². The Hall–Kier alpha value is -3.06. The van der Waals surface area contributed by atoms with E-state index < -0.39 is 22.0 Å². The number of benzene rings is 3. The van der Waals surface area contributed by atoms with Crippen LogP contribution in [0.1, 0.15) is 60.6 Å². The number of hydrogen-bond acceptors (Lipinski definition) is 9. The maximum Gasteiger partial charge on any atom is 0.268 e. The predicted molar refractivity (Wildman–Crippen MR) is 181 cm³/mol. The number of anilines is 1. The van der Waals surface area contributed by atoms with Crippen molar-refractivity contribution in [3.8, 4) is 22.6 Å². The average molecular weight is 685 g/mol. The van der Waals surface area contributed by atoms with Gasteiger partial charge in [-0.3, -0.25) is 4.79 Å². The largest absolute Gasteiger partial charge is 0.492 e. The molecule has 0 saturated heterocycles. The van der Waals surface area contributed by atoms with Gasteiger partial charge in [0.15, 0.2) is 0 Å². The zero-order valence-corrected chi connectivity index (χ0v) is 27.5. The van der Waals surface area contributed by atoms with Crippen molar-refractivity contribution >= 4 is 46.4 Å². The van der Waals surface area contributed by atoms with Crippen molar-refractivity contribution in [3.63, 3.8) is 0 Å². The second-order valence-corrected chi connectivity index (χ2v) is 12.5. The molecule has 0 spiro atoms. The van der Waals surface area contributed by atoms with E-state index in [0.717, 1.165) is 48.8 Å². The molecule has 248 valence electrons. The van der Waals surface area contributed by atoms with Crippen LogP contribution in [0.15, 0.2) is 66.7 Å². The minimum atomic E-state index is -3.89. The number of nitrogen functional groups attached to an aromatic ring is 1. The summed E-state index contributed by atoms with van der Waals surface area (Å²) in [7, 11) is -3.89. The van der Waals surface area contributed by atoms with Gasteiger partial charge in [-0.25, -0.2) is 13.1 Å². The van der Waals surface area contributed by atoms with Crippen LogP contribution in [0.4, 0.5) is 5.69 Å². The molecule has 3 aromatic carbocycles. The Morgan fingerprint density at radius 1 is 0.956 bits per heavy atom. The van der Waals surface area contributed by atoms with E-state index >= 15 is 0 Å². The summed E-state index contributed by atoms with van der Waals surface area (Å²) in [6.07, 6.45) is 4.34. The lowest BCUT2D eigenvalue weighted by Crippen LogP contribution is -2.33. The summed E-state index contributed by atoms with van der Waals surface area (Å²) in [4.78, 5) is 13.0. The van der Waals surface area contributed by atoms with Gasteiger partial charge in [0.05, 0.1) is 23.5 Å². The molecule has 4 rings (SSSR count). The van der Waals surface area contributed by atoms with Gasteiger partial charge >= 0.3 is 0 Å². The molecular formula is C32H43Cl2N3O7S. The highest BCUT2D eigenvalue weighted by Gasteiger charge is 2.23. The van der Waals surface area contributed by atoms with Gasteiger partial charge in [-0.2, -0.15) is 0 Å². The highest BCUT2D eigenvalue weighted by atomic mass is 35.5. The Morgan fingerprint density at radius 2 is 1.62 bits per heavy atom. The molecule has 0 aromatic heterocycles. The number of amides is 1. The van der Waals surface area contributed by atoms with Crippen LogP contribution in [0.3, 0.4) is 0 Å². The predicted octanol–water partition coefficient (Wildman–Crippen LogP) is 4.63. The summed E-state index contributed by atoms with van der Waals surface area (Å²) in [6, 6.07) is 19.8. The summed E-state index contributed by atoms with van der Waals surface area (Å²) >= 11 is 0. The summed E-state index contributed by atoms with van der Waals surface area (Å²) < 4.78 is 38.8. The first-order valence-electron chi connectivity index (χ1n) is 14.7. The number of hydrogen-bond donors (Lipinski definition) is 5. The molecule has 0 unspecified atom stereocenters. The normalized spacial score (nSPS) is 14.0. The van der Waals surface area contributed by atoms with E-state index in [1.807, 2.05) is 24.3 Å². The first-order chi connectivity index (χ1) is 20.7. The number of rotatable bonds is 15. The van der Waals surface area contributed by atoms with Crippen LogP contribution in [0.2, 0.25) is 0 Å². The van der Waals surface area contributed by atoms with Crippen LogP contribution in [-0.4, -0.2) is 62.7 Å². The standard InChI is InChI=1S/C32H41N3O7S.2ClH/c33-26-12-7-24(8-13-26)30(37)22-34-17-19-41-27-14-9-23(10-15-27)25-11-16-29(32(38)35-43(39,40)20-4-18-36)31(21-25)42-28-5-2-1-3-6-28;;/h7-16,21,28,30,34,36-37H,1-6,17-20,22,33H2,(H,35,38);2*1H/t30-;;/m0../s1. The van der Waals surface area contributed by atoms with E-state index in [1.165, 1.54) is 0 Å². The zero-order chi connectivity index (χ0) is 30.7. The topological polar surface area (TPSA) is 160 Å². The average Bonchev–Trinajstić information content (AvgIpc) is 3.00. The summed E-state index contributed by atoms with van der Waals surface area (Å²) in [5.41, 5.74) is 8.99. The van der Waals surface area contributed by atoms with E-state index in [9.17, 15) is 18.3 Å². The Kier molecular flexibility index (Phi) is 15.9. The lowest BCUT2D eigenvalue weighted by Gasteiger charge is -2.24. The first kappa shape index (κ1) is 38.1. The fourth-order valence-corrected chi connectivity index (χ4v) is 5.91. The Balaban J connectivity index is 0.00000353. The molecule has 0 aliphatic heterocycles. The van der Waals surface area contributed by atoms with Crippen molar-refractivity contribution in [2.75, 3.05) is 37.8 Å². The van der Waals surface area contributed by atoms with Gasteiger partial charge in [-0.1, -0.05) is 36.8 Å². The maximum atomic E-state index is 13.0. The fraction of sp³-hybridized carbons (Fsp3) is 0.406. The number of nitrogens with two attached hydrogens (primary N) is 1. The van der Waals surface area contributed by atoms with Crippen LogP contribution in [0.25, 0.3) is 11.1 Å². The van der Waals surface area contributed by atoms with Gasteiger partial charge in [0.25, 0.3) is 5.91 Å². The van der Waals surface area contributed by atoms with Gasteiger partial charge in [-0.05, 0) is 85.2 Å². The van der Waals surface area contributed by atoms with Gasteiger partial charge in [0.1, 0.15) is 18.1 Å². The van der Waals surface area contributed by atoms with Crippen molar-refractivity contribution < 1.29 is 32.9 Å². The minimum absolute atomic E-state index is 0. The first-order valence-corrected chi connectivity index (χ1v) is 16.3. The number of sulfonamides is 1. The molecule has 1 amide bonds. The second-order valence-electron chi connectivity index (χ2n) is 10.7. The van der Waals surface area contributed by atoms with Gasteiger partial charge < -0.3 is 30.7 Å². The number of carbonyl (C=O) groups excluding carboxylic acids is 1. The Labute approximate surface area is 277 Å². The molecule has 1 atom stereocenters. The molecular weight excluding hydrogens is 641 g/mol. The van der Waals surface area contributed by atoms with E-state index in [1.54, 1.807) is 42.5 Å². The van der Waals surface area contributed by atoms with Crippen molar-refractivity contribution in [3.05, 3.63) is 77.9 Å². The summed E-state index contributed by atoms with van der Waals surface area (Å²) in [5, 5.41) is 22.4. The molecule has 1 fully saturated rings. The number of carbonyl (C=O) groups is 1. The lowest BCUT2D eigenvalue weighted by atomic mass is 9.97. The van der Waals surface area contributed by atoms with Crippen molar-refractivity contribution in [2.24, 2.45) is 0 Å². The van der Waals surface area contributed by atoms with Crippen molar-refractivity contribution in [1.82, 2.24) is 10.0 Å². The zero-order valence-electron chi connectivity index (χ0n) is 25.0. The van der Waals surface area contributed by atoms with Crippen LogP contribution in [0, 0.1) is 0 Å². The van der Waals surface area contributed by atoms with E-state index in [0.29, 0.717) is 36.9 Å². The molecule has 10 nitrogen and oxygen atoms in total. The molecule has 0 radical (unpaired) electrons. The molecule has 3 aromatic rings. The molecule has 13 heteroatoms. The number of aliphatic hydroxyl groups excluding tert-OH is 2. The lowest BCUT2D eigenvalue weighted by molar-refractivity contribution is 0.0969. The fourth-order valence-electron chi connectivity index (χ4n) is 4.91. The van der Waals surface area contributed by atoms with Gasteiger partial charge in [-0.15, -0.1) is 24.8 Å². The summed E-state index contributed by atoms with van der Waals surface area (Å²) in [6.45, 7) is 1.07. The van der Waals surface area contributed by atoms with E-state index in [4.69, 9.17) is 20.3 Å². The molecule has 0 bridgehead atoms. The van der Waals surface area contributed by atoms with Crippen LogP contribution in [0.5, 0.6) is 11.5 Å². The van der Waals surface area contributed by atoms with Crippen LogP contribution < -0.4 is 25.2 Å². The van der Waals surface area contributed by atoms with Gasteiger partial charge in [0, 0.05) is 25.4 Å². The number of halogens is 2. The van der Waals surface area contributed by atoms with E-state index in [2.05, 4.69) is 10.0 Å². The number of nitrogens with one attached hydrogen (secondary N) is 2. The quantitative estimate of drug-likeness (QED) is 0.114. The molecule has 1 aliphatic rings. The third kappa shape index (κ3) is 12.0. The van der Waals surface area contributed by atoms with Crippen LogP contribution >= 0.6 is 24.8 Å². The highest BCUT2D eigenvalue weighted by molar-refractivity contribution is 7.90. The minimum Gasteiger partial charge on any atom is -0.492 e. The van der Waals surface area contributed by atoms with Crippen molar-refractivity contribution in [2.45, 2.75) is 50.7 Å². The maximum absolute atomic E-state index is 13.0. The Bertz CT molecular complexity index is 1440. The molecule has 45 heavy (non-hydrogen) atoms. The smallest absolute Gasteiger partial charge is 0.268 e. The molecule has 0 heterocycles.